The van der Waals surface area contributed by atoms with Gasteiger partial charge in [0.25, 0.3) is 0 Å². The van der Waals surface area contributed by atoms with Crippen LogP contribution in [-0.4, -0.2) is 0 Å². The lowest BCUT2D eigenvalue weighted by molar-refractivity contribution is 0.638. The van der Waals surface area contributed by atoms with Gasteiger partial charge in [-0.3, -0.25) is 0 Å². The Morgan fingerprint density at radius 1 is 0.375 bits per heavy atom. The van der Waals surface area contributed by atoms with Crippen LogP contribution in [0.1, 0.15) is 23.6 Å². The van der Waals surface area contributed by atoms with Gasteiger partial charge in [0, 0.05) is 38.8 Å². The maximum absolute atomic E-state index is 6.88. The highest BCUT2D eigenvalue weighted by atomic mass is 16.3. The summed E-state index contributed by atoms with van der Waals surface area (Å²) in [6, 6.07) is 74.7. The van der Waals surface area contributed by atoms with Crippen LogP contribution in [0.5, 0.6) is 0 Å². The molecule has 11 rings (SSSR count). The Labute approximate surface area is 326 Å². The summed E-state index contributed by atoms with van der Waals surface area (Å²) >= 11 is 0. The van der Waals surface area contributed by atoms with Crippen LogP contribution in [0.3, 0.4) is 0 Å². The van der Waals surface area contributed by atoms with Crippen LogP contribution in [0.25, 0.3) is 66.1 Å². The van der Waals surface area contributed by atoms with Crippen LogP contribution < -0.4 is 4.90 Å². The zero-order chi connectivity index (χ0) is 37.2. The van der Waals surface area contributed by atoms with Gasteiger partial charge in [-0.1, -0.05) is 158 Å². The lowest BCUT2D eigenvalue weighted by Crippen LogP contribution is -2.23. The zero-order valence-corrected chi connectivity index (χ0v) is 31.0. The standard InChI is InChI=1S/C54H37NO/c1-54(49-20-10-7-17-45(49)46-18-8-11-21-50(46)54)51-35-44(34-48-47-19-9-12-22-52(47)56-53(48)51)55(42-29-25-38(26-30-42)36-13-3-2-4-14-36)43-31-27-39(28-32-43)41-24-23-37-15-5-6-16-40(37)33-41/h2-35H,1H3. The van der Waals surface area contributed by atoms with E-state index in [1.165, 1.54) is 55.3 Å². The van der Waals surface area contributed by atoms with Gasteiger partial charge in [0.05, 0.1) is 0 Å². The molecule has 1 aromatic heterocycles. The van der Waals surface area contributed by atoms with Gasteiger partial charge in [0.1, 0.15) is 11.2 Å². The number of nitrogens with zero attached hydrogens (tertiary/aromatic N) is 1. The molecule has 0 fully saturated rings. The van der Waals surface area contributed by atoms with Crippen molar-refractivity contribution < 1.29 is 4.42 Å². The van der Waals surface area contributed by atoms with E-state index in [1.807, 2.05) is 0 Å². The van der Waals surface area contributed by atoms with E-state index in [-0.39, 0.29) is 0 Å². The van der Waals surface area contributed by atoms with Crippen molar-refractivity contribution in [3.8, 4) is 33.4 Å². The fourth-order valence-electron chi connectivity index (χ4n) is 9.11. The van der Waals surface area contributed by atoms with E-state index in [0.717, 1.165) is 44.6 Å². The van der Waals surface area contributed by atoms with E-state index < -0.39 is 5.41 Å². The second kappa shape index (κ2) is 12.7. The number of anilines is 3. The Morgan fingerprint density at radius 3 is 1.61 bits per heavy atom. The average molecular weight is 716 g/mol. The topological polar surface area (TPSA) is 16.4 Å². The van der Waals surface area contributed by atoms with Crippen molar-refractivity contribution in [1.82, 2.24) is 0 Å². The minimum atomic E-state index is -0.460. The molecule has 0 N–H and O–H groups in total. The maximum Gasteiger partial charge on any atom is 0.140 e. The lowest BCUT2D eigenvalue weighted by Gasteiger charge is -2.31. The third kappa shape index (κ3) is 5.03. The molecule has 1 aliphatic carbocycles. The molecule has 0 bridgehead atoms. The first-order chi connectivity index (χ1) is 27.6. The van der Waals surface area contributed by atoms with Gasteiger partial charge in [0.2, 0.25) is 0 Å². The van der Waals surface area contributed by atoms with Gasteiger partial charge in [-0.25, -0.2) is 0 Å². The number of benzene rings is 9. The molecule has 1 aliphatic rings. The predicted octanol–water partition coefficient (Wildman–Crippen LogP) is 14.9. The molecule has 10 aromatic rings. The number of hydrogen-bond donors (Lipinski definition) is 0. The Morgan fingerprint density at radius 2 is 0.911 bits per heavy atom. The van der Waals surface area contributed by atoms with Crippen molar-refractivity contribution in [1.29, 1.82) is 0 Å². The molecule has 0 radical (unpaired) electrons. The molecule has 264 valence electrons. The smallest absolute Gasteiger partial charge is 0.140 e. The first-order valence-electron chi connectivity index (χ1n) is 19.3. The molecule has 2 heteroatoms. The normalized spacial score (nSPS) is 12.9. The van der Waals surface area contributed by atoms with Gasteiger partial charge >= 0.3 is 0 Å². The highest BCUT2D eigenvalue weighted by Crippen LogP contribution is 2.55. The molecule has 0 aliphatic heterocycles. The van der Waals surface area contributed by atoms with Crippen molar-refractivity contribution >= 4 is 49.8 Å². The minimum Gasteiger partial charge on any atom is -0.456 e. The van der Waals surface area contributed by atoms with Gasteiger partial charge in [0.15, 0.2) is 0 Å². The van der Waals surface area contributed by atoms with Gasteiger partial charge < -0.3 is 9.32 Å². The van der Waals surface area contributed by atoms with Crippen LogP contribution in [-0.2, 0) is 5.41 Å². The van der Waals surface area contributed by atoms with Gasteiger partial charge in [-0.2, -0.15) is 0 Å². The fourth-order valence-corrected chi connectivity index (χ4v) is 9.11. The molecule has 0 spiro atoms. The summed E-state index contributed by atoms with van der Waals surface area (Å²) in [5, 5.41) is 4.71. The highest BCUT2D eigenvalue weighted by molar-refractivity contribution is 6.09. The molecule has 9 aromatic carbocycles. The minimum absolute atomic E-state index is 0.460. The van der Waals surface area contributed by atoms with E-state index in [4.69, 9.17) is 4.42 Å². The lowest BCUT2D eigenvalue weighted by atomic mass is 9.73. The predicted molar refractivity (Wildman–Crippen MR) is 234 cm³/mol. The largest absolute Gasteiger partial charge is 0.456 e. The molecule has 0 saturated carbocycles. The SMILES string of the molecule is CC1(c2cc(N(c3ccc(-c4ccccc4)cc3)c3ccc(-c4ccc5ccccc5c4)cc3)cc3c2oc2ccccc23)c2ccccc2-c2ccccc21. The van der Waals surface area contributed by atoms with Crippen molar-refractivity contribution in [3.63, 3.8) is 0 Å². The van der Waals surface area contributed by atoms with E-state index in [1.54, 1.807) is 0 Å². The van der Waals surface area contributed by atoms with Crippen molar-refractivity contribution in [2.75, 3.05) is 4.90 Å². The van der Waals surface area contributed by atoms with Crippen LogP contribution >= 0.6 is 0 Å². The van der Waals surface area contributed by atoms with Gasteiger partial charge in [-0.05, 0) is 111 Å². The summed E-state index contributed by atoms with van der Waals surface area (Å²) in [7, 11) is 0. The third-order valence-corrected chi connectivity index (χ3v) is 11.9. The van der Waals surface area contributed by atoms with Gasteiger partial charge in [-0.15, -0.1) is 0 Å². The molecule has 0 amide bonds. The molecular formula is C54H37NO. The monoisotopic (exact) mass is 715 g/mol. The van der Waals surface area contributed by atoms with Crippen LogP contribution in [0, 0.1) is 0 Å². The summed E-state index contributed by atoms with van der Waals surface area (Å²) < 4.78 is 6.88. The first kappa shape index (κ1) is 32.3. The fraction of sp³-hybridized carbons (Fsp3) is 0.0370. The molecule has 1 heterocycles. The summed E-state index contributed by atoms with van der Waals surface area (Å²) in [5.41, 5.74) is 15.6. The van der Waals surface area contributed by atoms with E-state index in [0.29, 0.717) is 0 Å². The number of furan rings is 1. The summed E-state index contributed by atoms with van der Waals surface area (Å²) in [4.78, 5) is 2.40. The van der Waals surface area contributed by atoms with E-state index in [2.05, 4.69) is 218 Å². The van der Waals surface area contributed by atoms with Crippen LogP contribution in [0.2, 0.25) is 0 Å². The number of para-hydroxylation sites is 1. The highest BCUT2D eigenvalue weighted by Gasteiger charge is 2.43. The van der Waals surface area contributed by atoms with E-state index in [9.17, 15) is 0 Å². The quantitative estimate of drug-likeness (QED) is 0.170. The maximum atomic E-state index is 6.88. The summed E-state index contributed by atoms with van der Waals surface area (Å²) in [5.74, 6) is 0. The van der Waals surface area contributed by atoms with Crippen LogP contribution in [0.15, 0.2) is 211 Å². The number of rotatable bonds is 6. The number of hydrogen-bond acceptors (Lipinski definition) is 2. The van der Waals surface area contributed by atoms with Crippen molar-refractivity contribution in [2.24, 2.45) is 0 Å². The first-order valence-corrected chi connectivity index (χ1v) is 19.3. The molecular weight excluding hydrogens is 679 g/mol. The van der Waals surface area contributed by atoms with Crippen molar-refractivity contribution in [3.05, 3.63) is 223 Å². The molecule has 2 nitrogen and oxygen atoms in total. The van der Waals surface area contributed by atoms with Crippen LogP contribution in [0.4, 0.5) is 17.1 Å². The summed E-state index contributed by atoms with van der Waals surface area (Å²) in [6.07, 6.45) is 0. The second-order valence-electron chi connectivity index (χ2n) is 15.0. The third-order valence-electron chi connectivity index (χ3n) is 11.9. The van der Waals surface area contributed by atoms with Crippen molar-refractivity contribution in [2.45, 2.75) is 12.3 Å². The number of fused-ring (bicyclic) bond motifs is 7. The summed E-state index contributed by atoms with van der Waals surface area (Å²) in [6.45, 7) is 2.38. The molecule has 0 atom stereocenters. The average Bonchev–Trinajstić information content (AvgIpc) is 3.77. The molecule has 0 unspecified atom stereocenters. The Bertz CT molecular complexity index is 3040. The molecule has 0 saturated heterocycles. The van der Waals surface area contributed by atoms with E-state index >= 15 is 0 Å². The Balaban J connectivity index is 1.14. The Kier molecular flexibility index (Phi) is 7.33. The molecule has 56 heavy (non-hydrogen) atoms. The Hall–Kier alpha value is -7.16. The second-order valence-corrected chi connectivity index (χ2v) is 15.0. The zero-order valence-electron chi connectivity index (χ0n) is 31.0.